The fourth-order valence-electron chi connectivity index (χ4n) is 3.11. The maximum atomic E-state index is 13.7. The molecular formula is C18H19FN2O2. The van der Waals surface area contributed by atoms with Crippen LogP contribution in [0.25, 0.3) is 0 Å². The number of fused-ring (bicyclic) bond motifs is 1. The Morgan fingerprint density at radius 2 is 1.96 bits per heavy atom. The van der Waals surface area contributed by atoms with Crippen molar-refractivity contribution >= 4 is 11.7 Å². The van der Waals surface area contributed by atoms with Gasteiger partial charge in [-0.25, -0.2) is 9.18 Å². The number of aliphatic hydroxyl groups is 1. The number of nitrogens with one attached hydrogen (secondary N) is 1. The highest BCUT2D eigenvalue weighted by atomic mass is 19.1. The van der Waals surface area contributed by atoms with Crippen LogP contribution >= 0.6 is 0 Å². The molecule has 0 saturated carbocycles. The molecule has 0 radical (unpaired) electrons. The van der Waals surface area contributed by atoms with Crippen molar-refractivity contribution in [1.82, 2.24) is 4.90 Å². The predicted molar refractivity (Wildman–Crippen MR) is 86.7 cm³/mol. The van der Waals surface area contributed by atoms with Crippen molar-refractivity contribution in [3.05, 3.63) is 65.5 Å². The second kappa shape index (κ2) is 6.79. The first-order valence-corrected chi connectivity index (χ1v) is 7.71. The molecule has 23 heavy (non-hydrogen) atoms. The zero-order valence-corrected chi connectivity index (χ0v) is 12.7. The molecule has 0 bridgehead atoms. The molecule has 2 aromatic rings. The van der Waals surface area contributed by atoms with Gasteiger partial charge in [0, 0.05) is 6.54 Å². The SMILES string of the molecule is O=C(Nc1ccccc1F)N(CCO)[C@H]1CCc2ccccc21. The van der Waals surface area contributed by atoms with E-state index >= 15 is 0 Å². The molecule has 1 aliphatic rings. The number of hydrogen-bond acceptors (Lipinski definition) is 2. The average Bonchev–Trinajstić information content (AvgIpc) is 2.98. The summed E-state index contributed by atoms with van der Waals surface area (Å²) in [6.45, 7) is 0.0721. The molecule has 0 saturated heterocycles. The van der Waals surface area contributed by atoms with Gasteiger partial charge in [0.1, 0.15) is 5.82 Å². The third-order valence-electron chi connectivity index (χ3n) is 4.19. The molecule has 1 atom stereocenters. The first-order valence-electron chi connectivity index (χ1n) is 7.71. The summed E-state index contributed by atoms with van der Waals surface area (Å²) in [5, 5.41) is 11.9. The van der Waals surface area contributed by atoms with Gasteiger partial charge < -0.3 is 15.3 Å². The quantitative estimate of drug-likeness (QED) is 0.909. The van der Waals surface area contributed by atoms with Gasteiger partial charge in [-0.05, 0) is 36.1 Å². The van der Waals surface area contributed by atoms with Crippen LogP contribution in [0.2, 0.25) is 0 Å². The molecule has 0 unspecified atom stereocenters. The topological polar surface area (TPSA) is 52.6 Å². The Hall–Kier alpha value is -2.40. The molecule has 0 fully saturated rings. The summed E-state index contributed by atoms with van der Waals surface area (Å²) in [6, 6.07) is 13.6. The van der Waals surface area contributed by atoms with Gasteiger partial charge in [-0.1, -0.05) is 36.4 Å². The first-order chi connectivity index (χ1) is 11.2. The lowest BCUT2D eigenvalue weighted by Gasteiger charge is -2.29. The number of aryl methyl sites for hydroxylation is 1. The monoisotopic (exact) mass is 314 g/mol. The largest absolute Gasteiger partial charge is 0.395 e. The zero-order chi connectivity index (χ0) is 16.2. The van der Waals surface area contributed by atoms with E-state index in [4.69, 9.17) is 0 Å². The first kappa shape index (κ1) is 15.5. The summed E-state index contributed by atoms with van der Waals surface area (Å²) >= 11 is 0. The Bertz CT molecular complexity index is 705. The number of carbonyl (C=O) groups excluding carboxylic acids is 1. The van der Waals surface area contributed by atoms with Crippen molar-refractivity contribution < 1.29 is 14.3 Å². The Labute approximate surface area is 134 Å². The van der Waals surface area contributed by atoms with Crippen molar-refractivity contribution in [2.75, 3.05) is 18.5 Å². The van der Waals surface area contributed by atoms with Gasteiger partial charge in [-0.15, -0.1) is 0 Å². The van der Waals surface area contributed by atoms with Crippen LogP contribution in [0.4, 0.5) is 14.9 Å². The molecule has 120 valence electrons. The molecule has 0 spiro atoms. The van der Waals surface area contributed by atoms with Crippen molar-refractivity contribution in [2.45, 2.75) is 18.9 Å². The lowest BCUT2D eigenvalue weighted by atomic mass is 10.1. The third kappa shape index (κ3) is 3.19. The summed E-state index contributed by atoms with van der Waals surface area (Å²) in [7, 11) is 0. The van der Waals surface area contributed by atoms with Gasteiger partial charge >= 0.3 is 6.03 Å². The number of rotatable bonds is 4. The maximum absolute atomic E-state index is 13.7. The fraction of sp³-hybridized carbons (Fsp3) is 0.278. The number of benzene rings is 2. The molecule has 2 aromatic carbocycles. The Kier molecular flexibility index (Phi) is 4.57. The van der Waals surface area contributed by atoms with E-state index in [1.54, 1.807) is 17.0 Å². The molecule has 2 amide bonds. The van der Waals surface area contributed by atoms with Crippen LogP contribution in [0.5, 0.6) is 0 Å². The van der Waals surface area contributed by atoms with Gasteiger partial charge in [-0.2, -0.15) is 0 Å². The molecule has 0 aromatic heterocycles. The van der Waals surface area contributed by atoms with Crippen LogP contribution in [-0.4, -0.2) is 29.2 Å². The van der Waals surface area contributed by atoms with Crippen molar-refractivity contribution in [3.63, 3.8) is 0 Å². The molecule has 0 heterocycles. The third-order valence-corrected chi connectivity index (χ3v) is 4.19. The number of carbonyl (C=O) groups is 1. The van der Waals surface area contributed by atoms with E-state index in [9.17, 15) is 14.3 Å². The molecular weight excluding hydrogens is 295 g/mol. The Morgan fingerprint density at radius 1 is 1.22 bits per heavy atom. The highest BCUT2D eigenvalue weighted by Crippen LogP contribution is 2.35. The van der Waals surface area contributed by atoms with E-state index in [2.05, 4.69) is 11.4 Å². The Balaban J connectivity index is 1.82. The smallest absolute Gasteiger partial charge is 0.322 e. The fourth-order valence-corrected chi connectivity index (χ4v) is 3.11. The van der Waals surface area contributed by atoms with Crippen molar-refractivity contribution in [2.24, 2.45) is 0 Å². The molecule has 3 rings (SSSR count). The summed E-state index contributed by atoms with van der Waals surface area (Å²) in [4.78, 5) is 14.2. The second-order valence-electron chi connectivity index (χ2n) is 5.58. The van der Waals surface area contributed by atoms with Crippen LogP contribution in [0.15, 0.2) is 48.5 Å². The standard InChI is InChI=1S/C18H19FN2O2/c19-15-7-3-4-8-16(15)20-18(23)21(11-12-22)17-10-9-13-5-1-2-6-14(13)17/h1-8,17,22H,9-12H2,(H,20,23)/t17-/m0/s1. The van der Waals surface area contributed by atoms with Crippen LogP contribution in [0.1, 0.15) is 23.6 Å². The van der Waals surface area contributed by atoms with E-state index in [0.717, 1.165) is 18.4 Å². The normalized spacial score (nSPS) is 16.0. The molecule has 5 heteroatoms. The summed E-state index contributed by atoms with van der Waals surface area (Å²) in [5.74, 6) is -0.475. The number of hydrogen-bond donors (Lipinski definition) is 2. The lowest BCUT2D eigenvalue weighted by Crippen LogP contribution is -2.39. The van der Waals surface area contributed by atoms with Crippen LogP contribution in [-0.2, 0) is 6.42 Å². The Morgan fingerprint density at radius 3 is 2.74 bits per heavy atom. The molecule has 1 aliphatic carbocycles. The molecule has 4 nitrogen and oxygen atoms in total. The highest BCUT2D eigenvalue weighted by molar-refractivity contribution is 5.89. The van der Waals surface area contributed by atoms with Gasteiger partial charge in [0.25, 0.3) is 0 Å². The van der Waals surface area contributed by atoms with Crippen molar-refractivity contribution in [3.8, 4) is 0 Å². The second-order valence-corrected chi connectivity index (χ2v) is 5.58. The van der Waals surface area contributed by atoms with E-state index < -0.39 is 11.8 Å². The minimum atomic E-state index is -0.475. The number of anilines is 1. The van der Waals surface area contributed by atoms with E-state index in [0.29, 0.717) is 0 Å². The van der Waals surface area contributed by atoms with E-state index in [-0.39, 0.29) is 24.9 Å². The maximum Gasteiger partial charge on any atom is 0.322 e. The van der Waals surface area contributed by atoms with Gasteiger partial charge in [0.2, 0.25) is 0 Å². The van der Waals surface area contributed by atoms with Gasteiger partial charge in [0.15, 0.2) is 0 Å². The predicted octanol–water partition coefficient (Wildman–Crippen LogP) is 3.34. The van der Waals surface area contributed by atoms with Crippen LogP contribution in [0.3, 0.4) is 0 Å². The minimum absolute atomic E-state index is 0.0925. The lowest BCUT2D eigenvalue weighted by molar-refractivity contribution is 0.162. The van der Waals surface area contributed by atoms with Crippen molar-refractivity contribution in [1.29, 1.82) is 0 Å². The number of urea groups is 1. The van der Waals surface area contributed by atoms with E-state index in [1.165, 1.54) is 17.7 Å². The van der Waals surface area contributed by atoms with Gasteiger partial charge in [0.05, 0.1) is 18.3 Å². The van der Waals surface area contributed by atoms with E-state index in [1.807, 2.05) is 18.2 Å². The van der Waals surface area contributed by atoms with Gasteiger partial charge in [-0.3, -0.25) is 0 Å². The zero-order valence-electron chi connectivity index (χ0n) is 12.7. The number of nitrogens with zero attached hydrogens (tertiary/aromatic N) is 1. The number of halogens is 1. The number of amides is 2. The van der Waals surface area contributed by atoms with Crippen LogP contribution < -0.4 is 5.32 Å². The molecule has 0 aliphatic heterocycles. The highest BCUT2D eigenvalue weighted by Gasteiger charge is 2.30. The van der Waals surface area contributed by atoms with Crippen LogP contribution in [0, 0.1) is 5.82 Å². The minimum Gasteiger partial charge on any atom is -0.395 e. The summed E-state index contributed by atoms with van der Waals surface area (Å²) in [6.07, 6.45) is 1.71. The average molecular weight is 314 g/mol. The molecule has 2 N–H and O–H groups in total. The summed E-state index contributed by atoms with van der Waals surface area (Å²) < 4.78 is 13.7. The summed E-state index contributed by atoms with van der Waals surface area (Å²) in [5.41, 5.74) is 2.47. The number of para-hydroxylation sites is 1. The number of aliphatic hydroxyl groups excluding tert-OH is 1.